The molecule has 0 aliphatic heterocycles. The molecular formula is C14H23NO2S. The molecule has 4 atom stereocenters. The standard InChI is InChI=1S/C14H23NO2S/c1-9-6-12(9)13-5-4-11(17-13)7-15-10(2)14(8-16)18-3/h4-5,9-10,12,14-16H,6-8H2,1-3H3. The fourth-order valence-corrected chi connectivity index (χ4v) is 2.89. The van der Waals surface area contributed by atoms with Crippen LogP contribution in [0.4, 0.5) is 0 Å². The fraction of sp³-hybridized carbons (Fsp3) is 0.714. The van der Waals surface area contributed by atoms with E-state index in [4.69, 9.17) is 4.42 Å². The number of hydrogen-bond donors (Lipinski definition) is 2. The molecule has 1 aromatic rings. The van der Waals surface area contributed by atoms with Crippen LogP contribution in [0, 0.1) is 5.92 Å². The van der Waals surface area contributed by atoms with E-state index in [0.29, 0.717) is 5.92 Å². The smallest absolute Gasteiger partial charge is 0.117 e. The van der Waals surface area contributed by atoms with Gasteiger partial charge in [0.1, 0.15) is 11.5 Å². The Morgan fingerprint density at radius 3 is 2.83 bits per heavy atom. The quantitative estimate of drug-likeness (QED) is 0.798. The maximum Gasteiger partial charge on any atom is 0.117 e. The van der Waals surface area contributed by atoms with Crippen molar-refractivity contribution < 1.29 is 9.52 Å². The van der Waals surface area contributed by atoms with Crippen molar-refractivity contribution in [3.8, 4) is 0 Å². The molecule has 0 aromatic carbocycles. The molecule has 0 amide bonds. The molecule has 0 bridgehead atoms. The molecule has 0 saturated heterocycles. The van der Waals surface area contributed by atoms with Crippen molar-refractivity contribution in [3.63, 3.8) is 0 Å². The van der Waals surface area contributed by atoms with E-state index in [1.807, 2.05) is 6.26 Å². The summed E-state index contributed by atoms with van der Waals surface area (Å²) < 4.78 is 5.84. The lowest BCUT2D eigenvalue weighted by Crippen LogP contribution is -2.36. The summed E-state index contributed by atoms with van der Waals surface area (Å²) in [5, 5.41) is 12.9. The monoisotopic (exact) mass is 269 g/mol. The highest BCUT2D eigenvalue weighted by atomic mass is 32.2. The second-order valence-corrected chi connectivity index (χ2v) is 6.33. The molecule has 4 unspecified atom stereocenters. The molecule has 1 saturated carbocycles. The van der Waals surface area contributed by atoms with E-state index in [1.54, 1.807) is 11.8 Å². The van der Waals surface area contributed by atoms with Crippen LogP contribution in [0.25, 0.3) is 0 Å². The highest BCUT2D eigenvalue weighted by Crippen LogP contribution is 2.47. The third kappa shape index (κ3) is 3.31. The number of hydrogen-bond acceptors (Lipinski definition) is 4. The van der Waals surface area contributed by atoms with E-state index in [-0.39, 0.29) is 17.9 Å². The minimum atomic E-state index is 0.207. The molecule has 1 aliphatic carbocycles. The van der Waals surface area contributed by atoms with Crippen molar-refractivity contribution in [2.45, 2.75) is 44.0 Å². The molecule has 0 spiro atoms. The van der Waals surface area contributed by atoms with Crippen molar-refractivity contribution in [2.24, 2.45) is 5.92 Å². The summed E-state index contributed by atoms with van der Waals surface area (Å²) in [6.07, 6.45) is 3.29. The number of furan rings is 1. The van der Waals surface area contributed by atoms with Crippen LogP contribution in [0.1, 0.15) is 37.7 Å². The molecule has 102 valence electrons. The van der Waals surface area contributed by atoms with Crippen LogP contribution in [-0.4, -0.2) is 29.3 Å². The molecular weight excluding hydrogens is 246 g/mol. The minimum absolute atomic E-state index is 0.207. The number of nitrogens with one attached hydrogen (secondary N) is 1. The Labute approximate surface area is 113 Å². The fourth-order valence-electron chi connectivity index (χ4n) is 2.24. The lowest BCUT2D eigenvalue weighted by atomic mass is 10.2. The van der Waals surface area contributed by atoms with Crippen LogP contribution < -0.4 is 5.32 Å². The molecule has 2 rings (SSSR count). The lowest BCUT2D eigenvalue weighted by molar-refractivity contribution is 0.274. The van der Waals surface area contributed by atoms with Gasteiger partial charge < -0.3 is 14.8 Å². The maximum atomic E-state index is 9.22. The SMILES string of the molecule is CSC(CO)C(C)NCc1ccc(C2CC2C)o1. The molecule has 18 heavy (non-hydrogen) atoms. The van der Waals surface area contributed by atoms with Gasteiger partial charge in [-0.1, -0.05) is 6.92 Å². The summed E-state index contributed by atoms with van der Waals surface area (Å²) in [5.41, 5.74) is 0. The second kappa shape index (κ2) is 6.13. The zero-order chi connectivity index (χ0) is 13.1. The zero-order valence-electron chi connectivity index (χ0n) is 11.3. The van der Waals surface area contributed by atoms with Gasteiger partial charge in [0, 0.05) is 17.2 Å². The van der Waals surface area contributed by atoms with Crippen molar-refractivity contribution >= 4 is 11.8 Å². The first kappa shape index (κ1) is 14.0. The Morgan fingerprint density at radius 1 is 1.56 bits per heavy atom. The average Bonchev–Trinajstić information content (AvgIpc) is 2.92. The highest BCUT2D eigenvalue weighted by Gasteiger charge is 2.36. The molecule has 1 aromatic heterocycles. The Balaban J connectivity index is 1.81. The summed E-state index contributed by atoms with van der Waals surface area (Å²) in [5.74, 6) is 3.56. The molecule has 3 nitrogen and oxygen atoms in total. The Kier molecular flexibility index (Phi) is 4.76. The van der Waals surface area contributed by atoms with Crippen molar-refractivity contribution in [1.82, 2.24) is 5.32 Å². The summed E-state index contributed by atoms with van der Waals surface area (Å²) in [4.78, 5) is 0. The van der Waals surface area contributed by atoms with Crippen LogP contribution >= 0.6 is 11.8 Å². The largest absolute Gasteiger partial charge is 0.464 e. The maximum absolute atomic E-state index is 9.22. The van der Waals surface area contributed by atoms with Crippen LogP contribution in [0.15, 0.2) is 16.5 Å². The van der Waals surface area contributed by atoms with Gasteiger partial charge >= 0.3 is 0 Å². The van der Waals surface area contributed by atoms with Gasteiger partial charge in [-0.25, -0.2) is 0 Å². The number of thioether (sulfide) groups is 1. The molecule has 1 heterocycles. The van der Waals surface area contributed by atoms with E-state index in [0.717, 1.165) is 24.0 Å². The molecule has 1 aliphatic rings. The number of aliphatic hydroxyl groups is 1. The molecule has 4 heteroatoms. The van der Waals surface area contributed by atoms with Gasteiger partial charge in [0.2, 0.25) is 0 Å². The van der Waals surface area contributed by atoms with Crippen LogP contribution in [0.3, 0.4) is 0 Å². The average molecular weight is 269 g/mol. The molecule has 2 N–H and O–H groups in total. The van der Waals surface area contributed by atoms with Gasteiger partial charge in [-0.15, -0.1) is 0 Å². The lowest BCUT2D eigenvalue weighted by Gasteiger charge is -2.20. The predicted octanol–water partition coefficient (Wildman–Crippen LogP) is 2.61. The molecule has 1 fully saturated rings. The summed E-state index contributed by atoms with van der Waals surface area (Å²) in [7, 11) is 0. The first-order valence-corrected chi connectivity index (χ1v) is 7.90. The van der Waals surface area contributed by atoms with E-state index in [9.17, 15) is 5.11 Å². The van der Waals surface area contributed by atoms with E-state index >= 15 is 0 Å². The van der Waals surface area contributed by atoms with Gasteiger partial charge in [-0.05, 0) is 37.7 Å². The Morgan fingerprint density at radius 2 is 2.28 bits per heavy atom. The van der Waals surface area contributed by atoms with Crippen LogP contribution in [0.2, 0.25) is 0 Å². The van der Waals surface area contributed by atoms with E-state index in [2.05, 4.69) is 31.3 Å². The van der Waals surface area contributed by atoms with Gasteiger partial charge in [0.05, 0.1) is 13.2 Å². The number of aliphatic hydroxyl groups excluding tert-OH is 1. The summed E-state index contributed by atoms with van der Waals surface area (Å²) in [6, 6.07) is 4.44. The first-order chi connectivity index (χ1) is 8.65. The third-order valence-corrected chi connectivity index (χ3v) is 4.96. The minimum Gasteiger partial charge on any atom is -0.464 e. The zero-order valence-corrected chi connectivity index (χ0v) is 12.2. The Hall–Kier alpha value is -0.450. The summed E-state index contributed by atoms with van der Waals surface area (Å²) in [6.45, 7) is 5.30. The highest BCUT2D eigenvalue weighted by molar-refractivity contribution is 7.99. The van der Waals surface area contributed by atoms with Crippen molar-refractivity contribution in [1.29, 1.82) is 0 Å². The normalized spacial score (nSPS) is 26.0. The third-order valence-electron chi connectivity index (χ3n) is 3.80. The van der Waals surface area contributed by atoms with Crippen molar-refractivity contribution in [3.05, 3.63) is 23.7 Å². The summed E-state index contributed by atoms with van der Waals surface area (Å²) >= 11 is 1.69. The van der Waals surface area contributed by atoms with Gasteiger partial charge in [0.25, 0.3) is 0 Å². The molecule has 0 radical (unpaired) electrons. The van der Waals surface area contributed by atoms with Crippen LogP contribution in [-0.2, 0) is 6.54 Å². The second-order valence-electron chi connectivity index (χ2n) is 5.25. The van der Waals surface area contributed by atoms with E-state index in [1.165, 1.54) is 6.42 Å². The predicted molar refractivity (Wildman–Crippen MR) is 75.9 cm³/mol. The van der Waals surface area contributed by atoms with Gasteiger partial charge in [0.15, 0.2) is 0 Å². The van der Waals surface area contributed by atoms with Gasteiger partial charge in [-0.2, -0.15) is 11.8 Å². The Bertz CT molecular complexity index is 376. The van der Waals surface area contributed by atoms with Gasteiger partial charge in [-0.3, -0.25) is 0 Å². The van der Waals surface area contributed by atoms with Crippen LogP contribution in [0.5, 0.6) is 0 Å². The topological polar surface area (TPSA) is 45.4 Å². The van der Waals surface area contributed by atoms with Crippen molar-refractivity contribution in [2.75, 3.05) is 12.9 Å². The first-order valence-electron chi connectivity index (χ1n) is 6.61. The van der Waals surface area contributed by atoms with E-state index < -0.39 is 0 Å². The number of rotatable bonds is 7.